The summed E-state index contributed by atoms with van der Waals surface area (Å²) < 4.78 is 5.40. The monoisotopic (exact) mass is 419 g/mol. The summed E-state index contributed by atoms with van der Waals surface area (Å²) in [5, 5.41) is 0. The first-order valence-corrected chi connectivity index (χ1v) is 11.3. The van der Waals surface area contributed by atoms with E-state index in [1.165, 1.54) is 39.2 Å². The van der Waals surface area contributed by atoms with Crippen molar-refractivity contribution < 1.29 is 4.74 Å². The van der Waals surface area contributed by atoms with Crippen molar-refractivity contribution in [3.8, 4) is 16.9 Å². The normalized spacial score (nSPS) is 13.4. The Balaban J connectivity index is 1.68. The van der Waals surface area contributed by atoms with Crippen molar-refractivity contribution in [2.45, 2.75) is 32.6 Å². The smallest absolute Gasteiger partial charge is 0.119 e. The van der Waals surface area contributed by atoms with Crippen LogP contribution in [0, 0.1) is 0 Å². The van der Waals surface area contributed by atoms with Crippen molar-refractivity contribution in [2.24, 2.45) is 0 Å². The van der Waals surface area contributed by atoms with Gasteiger partial charge in [-0.05, 0) is 82.8 Å². The second-order valence-electron chi connectivity index (χ2n) is 8.96. The highest BCUT2D eigenvalue weighted by molar-refractivity contribution is 5.85. The molecular formula is C30H29NO. The maximum atomic E-state index is 5.40. The third-order valence-electron chi connectivity index (χ3n) is 6.73. The van der Waals surface area contributed by atoms with Crippen LogP contribution in [0.4, 0.5) is 17.1 Å². The van der Waals surface area contributed by atoms with Gasteiger partial charge in [-0.2, -0.15) is 0 Å². The minimum atomic E-state index is -0.0290. The summed E-state index contributed by atoms with van der Waals surface area (Å²) in [6.07, 6.45) is 1.01. The van der Waals surface area contributed by atoms with Crippen molar-refractivity contribution in [2.75, 3.05) is 12.0 Å². The molecule has 0 fully saturated rings. The van der Waals surface area contributed by atoms with Gasteiger partial charge in [0.2, 0.25) is 0 Å². The van der Waals surface area contributed by atoms with Gasteiger partial charge in [0.05, 0.1) is 7.11 Å². The molecule has 0 saturated carbocycles. The maximum Gasteiger partial charge on any atom is 0.119 e. The first kappa shape index (κ1) is 20.4. The second kappa shape index (κ2) is 7.87. The molecule has 5 rings (SSSR count). The van der Waals surface area contributed by atoms with E-state index < -0.39 is 0 Å². The van der Waals surface area contributed by atoms with Crippen LogP contribution in [0.15, 0.2) is 91.0 Å². The van der Waals surface area contributed by atoms with Crippen LogP contribution in [0.1, 0.15) is 37.5 Å². The molecule has 0 saturated heterocycles. The number of ether oxygens (including phenoxy) is 1. The molecular weight excluding hydrogens is 390 g/mol. The van der Waals surface area contributed by atoms with E-state index in [4.69, 9.17) is 4.74 Å². The number of anilines is 3. The van der Waals surface area contributed by atoms with Crippen molar-refractivity contribution in [1.29, 1.82) is 0 Å². The van der Waals surface area contributed by atoms with Gasteiger partial charge in [0.1, 0.15) is 5.75 Å². The van der Waals surface area contributed by atoms with E-state index in [2.05, 4.69) is 105 Å². The van der Waals surface area contributed by atoms with E-state index in [1.54, 1.807) is 7.11 Å². The average molecular weight is 420 g/mol. The molecule has 0 spiro atoms. The summed E-state index contributed by atoms with van der Waals surface area (Å²) >= 11 is 0. The summed E-state index contributed by atoms with van der Waals surface area (Å²) in [5.74, 6) is 0.863. The highest BCUT2D eigenvalue weighted by Crippen LogP contribution is 2.50. The Morgan fingerprint density at radius 3 is 2.12 bits per heavy atom. The van der Waals surface area contributed by atoms with Crippen LogP contribution >= 0.6 is 0 Å². The van der Waals surface area contributed by atoms with E-state index in [0.717, 1.165) is 17.9 Å². The van der Waals surface area contributed by atoms with Crippen LogP contribution in [-0.2, 0) is 11.8 Å². The average Bonchev–Trinajstić information content (AvgIpc) is 3.07. The molecule has 1 aliphatic rings. The zero-order chi connectivity index (χ0) is 22.3. The minimum Gasteiger partial charge on any atom is -0.497 e. The lowest BCUT2D eigenvalue weighted by atomic mass is 9.82. The van der Waals surface area contributed by atoms with Gasteiger partial charge in [-0.25, -0.2) is 0 Å². The zero-order valence-electron chi connectivity index (χ0n) is 19.2. The van der Waals surface area contributed by atoms with Crippen molar-refractivity contribution in [3.63, 3.8) is 0 Å². The molecule has 0 bridgehead atoms. The van der Waals surface area contributed by atoms with Crippen LogP contribution in [0.25, 0.3) is 11.1 Å². The van der Waals surface area contributed by atoms with Gasteiger partial charge in [0.25, 0.3) is 0 Å². The first-order chi connectivity index (χ1) is 15.5. The quantitative estimate of drug-likeness (QED) is 0.324. The summed E-state index contributed by atoms with van der Waals surface area (Å²) in [4.78, 5) is 2.35. The van der Waals surface area contributed by atoms with Crippen LogP contribution in [0.5, 0.6) is 5.75 Å². The van der Waals surface area contributed by atoms with E-state index in [9.17, 15) is 0 Å². The van der Waals surface area contributed by atoms with Crippen LogP contribution in [0.3, 0.4) is 0 Å². The molecule has 1 aliphatic carbocycles. The van der Waals surface area contributed by atoms with E-state index >= 15 is 0 Å². The molecule has 0 atom stereocenters. The third kappa shape index (κ3) is 3.27. The zero-order valence-corrected chi connectivity index (χ0v) is 19.2. The minimum absolute atomic E-state index is 0.0290. The number of hydrogen-bond donors (Lipinski definition) is 0. The standard InChI is InChI=1S/C30H29NO/c1-5-21-9-8-10-23(19-21)31(22-13-16-25(32-4)17-14-22)24-15-18-27-26-11-6-7-12-28(26)30(2,3)29(27)20-24/h6-20H,5H2,1-4H3. The molecule has 0 amide bonds. The predicted molar refractivity (Wildman–Crippen MR) is 135 cm³/mol. The molecule has 32 heavy (non-hydrogen) atoms. The Kier molecular flexibility index (Phi) is 5.01. The fourth-order valence-electron chi connectivity index (χ4n) is 4.93. The Labute approximate surface area is 191 Å². The molecule has 0 unspecified atom stereocenters. The lowest BCUT2D eigenvalue weighted by Crippen LogP contribution is -2.16. The van der Waals surface area contributed by atoms with Gasteiger partial charge in [0.15, 0.2) is 0 Å². The molecule has 0 N–H and O–H groups in total. The third-order valence-corrected chi connectivity index (χ3v) is 6.73. The number of rotatable bonds is 5. The Bertz CT molecular complexity index is 1270. The SMILES string of the molecule is CCc1cccc(N(c2ccc(OC)cc2)c2ccc3c(c2)C(C)(C)c2ccccc2-3)c1. The van der Waals surface area contributed by atoms with E-state index in [0.29, 0.717) is 0 Å². The van der Waals surface area contributed by atoms with Gasteiger partial charge in [-0.15, -0.1) is 0 Å². The Morgan fingerprint density at radius 1 is 0.688 bits per heavy atom. The van der Waals surface area contributed by atoms with Gasteiger partial charge in [-0.3, -0.25) is 0 Å². The van der Waals surface area contributed by atoms with Crippen molar-refractivity contribution in [3.05, 3.63) is 108 Å². The molecule has 4 aromatic carbocycles. The fourth-order valence-corrected chi connectivity index (χ4v) is 4.93. The molecule has 4 aromatic rings. The summed E-state index contributed by atoms with van der Waals surface area (Å²) in [6, 6.07) is 32.8. The molecule has 0 aliphatic heterocycles. The summed E-state index contributed by atoms with van der Waals surface area (Å²) in [7, 11) is 1.71. The highest BCUT2D eigenvalue weighted by Gasteiger charge is 2.35. The second-order valence-corrected chi connectivity index (χ2v) is 8.96. The fraction of sp³-hybridized carbons (Fsp3) is 0.200. The van der Waals surface area contributed by atoms with Crippen LogP contribution < -0.4 is 9.64 Å². The van der Waals surface area contributed by atoms with Gasteiger partial charge < -0.3 is 9.64 Å². The molecule has 2 heteroatoms. The predicted octanol–water partition coefficient (Wildman–Crippen LogP) is 8.03. The number of nitrogens with zero attached hydrogens (tertiary/aromatic N) is 1. The van der Waals surface area contributed by atoms with Gasteiger partial charge in [-0.1, -0.05) is 63.2 Å². The number of hydrogen-bond acceptors (Lipinski definition) is 2. The number of fused-ring (bicyclic) bond motifs is 3. The first-order valence-electron chi connectivity index (χ1n) is 11.3. The molecule has 160 valence electrons. The van der Waals surface area contributed by atoms with Crippen LogP contribution in [-0.4, -0.2) is 7.11 Å². The number of aryl methyl sites for hydroxylation is 1. The van der Waals surface area contributed by atoms with E-state index in [1.807, 2.05) is 12.1 Å². The van der Waals surface area contributed by atoms with Crippen molar-refractivity contribution in [1.82, 2.24) is 0 Å². The molecule has 2 nitrogen and oxygen atoms in total. The van der Waals surface area contributed by atoms with Gasteiger partial charge in [0, 0.05) is 22.5 Å². The largest absolute Gasteiger partial charge is 0.497 e. The van der Waals surface area contributed by atoms with Gasteiger partial charge >= 0.3 is 0 Å². The number of benzene rings is 4. The topological polar surface area (TPSA) is 12.5 Å². The summed E-state index contributed by atoms with van der Waals surface area (Å²) in [5.41, 5.74) is 10.2. The summed E-state index contributed by atoms with van der Waals surface area (Å²) in [6.45, 7) is 6.86. The van der Waals surface area contributed by atoms with Crippen LogP contribution in [0.2, 0.25) is 0 Å². The number of methoxy groups -OCH3 is 1. The highest BCUT2D eigenvalue weighted by atomic mass is 16.5. The maximum absolute atomic E-state index is 5.40. The Hall–Kier alpha value is -3.52. The van der Waals surface area contributed by atoms with Crippen molar-refractivity contribution >= 4 is 17.1 Å². The lowest BCUT2D eigenvalue weighted by molar-refractivity contribution is 0.415. The van der Waals surface area contributed by atoms with E-state index in [-0.39, 0.29) is 5.41 Å². The molecule has 0 aromatic heterocycles. The molecule has 0 radical (unpaired) electrons. The lowest BCUT2D eigenvalue weighted by Gasteiger charge is -2.28. The Morgan fingerprint density at radius 2 is 1.38 bits per heavy atom. The molecule has 0 heterocycles.